The molecule has 0 fully saturated rings. The zero-order chi connectivity index (χ0) is 30.3. The summed E-state index contributed by atoms with van der Waals surface area (Å²) in [4.78, 5) is 0. The summed E-state index contributed by atoms with van der Waals surface area (Å²) in [6.07, 6.45) is 4.18. The molecule has 0 aliphatic heterocycles. The van der Waals surface area contributed by atoms with Crippen LogP contribution in [-0.4, -0.2) is 20.4 Å². The molecule has 4 nitrogen and oxygen atoms in total. The van der Waals surface area contributed by atoms with Crippen LogP contribution >= 0.6 is 0 Å². The van der Waals surface area contributed by atoms with E-state index >= 15 is 0 Å². The molecule has 1 aliphatic carbocycles. The topological polar surface area (TPSA) is 80.9 Å². The summed E-state index contributed by atoms with van der Waals surface area (Å²) in [5.74, 6) is 0.473. The monoisotopic (exact) mass is 574 g/mol. The minimum absolute atomic E-state index is 0.130. The van der Waals surface area contributed by atoms with E-state index in [1.54, 1.807) is 24.3 Å². The lowest BCUT2D eigenvalue weighted by molar-refractivity contribution is 0.0881. The number of rotatable bonds is 2. The lowest BCUT2D eigenvalue weighted by atomic mass is 9.79. The van der Waals surface area contributed by atoms with Gasteiger partial charge in [-0.1, -0.05) is 121 Å². The number of hydrogen-bond donors (Lipinski definition) is 4. The van der Waals surface area contributed by atoms with Crippen LogP contribution in [-0.2, 0) is 12.0 Å². The van der Waals surface area contributed by atoms with Crippen LogP contribution in [0.3, 0.4) is 0 Å². The Balaban J connectivity index is 0.000000142. The Morgan fingerprint density at radius 1 is 0.455 bits per heavy atom. The molecule has 8 rings (SSSR count). The predicted molar refractivity (Wildman–Crippen MR) is 179 cm³/mol. The van der Waals surface area contributed by atoms with E-state index in [1.807, 2.05) is 121 Å². The molecule has 0 saturated carbocycles. The predicted octanol–water partition coefficient (Wildman–Crippen LogP) is 9.07. The van der Waals surface area contributed by atoms with E-state index in [0.717, 1.165) is 43.4 Å². The number of fused-ring (bicyclic) bond motifs is 4. The second-order valence-electron chi connectivity index (χ2n) is 11.2. The van der Waals surface area contributed by atoms with Crippen molar-refractivity contribution < 1.29 is 20.4 Å². The summed E-state index contributed by atoms with van der Waals surface area (Å²) < 4.78 is 0. The molecular formula is C40H30O4. The summed E-state index contributed by atoms with van der Waals surface area (Å²) in [5.41, 5.74) is 2.93. The fourth-order valence-electron chi connectivity index (χ4n) is 6.37. The van der Waals surface area contributed by atoms with Gasteiger partial charge in [-0.3, -0.25) is 0 Å². The Kier molecular flexibility index (Phi) is 6.77. The first-order valence-electron chi connectivity index (χ1n) is 14.6. The summed E-state index contributed by atoms with van der Waals surface area (Å²) in [6.45, 7) is 0. The maximum atomic E-state index is 11.2. The lowest BCUT2D eigenvalue weighted by Gasteiger charge is -2.31. The van der Waals surface area contributed by atoms with Gasteiger partial charge in [-0.15, -0.1) is 0 Å². The Hall–Kier alpha value is -5.58. The van der Waals surface area contributed by atoms with Crippen LogP contribution in [0.2, 0.25) is 0 Å². The van der Waals surface area contributed by atoms with Crippen LogP contribution in [0.1, 0.15) is 16.7 Å². The molecule has 1 aliphatic rings. The van der Waals surface area contributed by atoms with E-state index < -0.39 is 5.60 Å². The van der Waals surface area contributed by atoms with Gasteiger partial charge in [-0.25, -0.2) is 0 Å². The highest BCUT2D eigenvalue weighted by Gasteiger charge is 2.34. The van der Waals surface area contributed by atoms with E-state index in [4.69, 9.17) is 0 Å². The molecule has 0 saturated heterocycles. The summed E-state index contributed by atoms with van der Waals surface area (Å²) in [6, 6.07) is 42.2. The fraction of sp³-hybridized carbons (Fsp3) is 0.0500. The number of aliphatic hydroxyl groups is 1. The Labute approximate surface area is 255 Å². The smallest absolute Gasteiger partial charge is 0.124 e. The van der Waals surface area contributed by atoms with Crippen LogP contribution in [0.25, 0.3) is 49.5 Å². The molecule has 1 atom stereocenters. The zero-order valence-electron chi connectivity index (χ0n) is 23.9. The molecule has 44 heavy (non-hydrogen) atoms. The van der Waals surface area contributed by atoms with Crippen molar-refractivity contribution in [2.45, 2.75) is 12.0 Å². The average Bonchev–Trinajstić information content (AvgIpc) is 3.05. The van der Waals surface area contributed by atoms with Crippen LogP contribution in [0.15, 0.2) is 140 Å². The normalized spacial score (nSPS) is 15.6. The van der Waals surface area contributed by atoms with Crippen molar-refractivity contribution in [2.24, 2.45) is 0 Å². The fourth-order valence-corrected chi connectivity index (χ4v) is 6.37. The number of phenolic OH excluding ortho intramolecular Hbond substituents is 3. The van der Waals surface area contributed by atoms with Gasteiger partial charge < -0.3 is 20.4 Å². The summed E-state index contributed by atoms with van der Waals surface area (Å²) in [7, 11) is 0. The van der Waals surface area contributed by atoms with Crippen molar-refractivity contribution >= 4 is 38.4 Å². The van der Waals surface area contributed by atoms with Crippen molar-refractivity contribution in [1.29, 1.82) is 0 Å². The van der Waals surface area contributed by atoms with Gasteiger partial charge in [-0.2, -0.15) is 0 Å². The van der Waals surface area contributed by atoms with Crippen molar-refractivity contribution in [1.82, 2.24) is 0 Å². The maximum absolute atomic E-state index is 11.2. The van der Waals surface area contributed by atoms with Crippen LogP contribution < -0.4 is 0 Å². The molecule has 1 unspecified atom stereocenters. The third kappa shape index (κ3) is 4.72. The molecular weight excluding hydrogens is 544 g/mol. The molecule has 0 radical (unpaired) electrons. The quantitative estimate of drug-likeness (QED) is 0.166. The van der Waals surface area contributed by atoms with E-state index in [1.165, 1.54) is 0 Å². The molecule has 7 aromatic rings. The number of phenols is 3. The van der Waals surface area contributed by atoms with Crippen LogP contribution in [0.4, 0.5) is 0 Å². The third-order valence-corrected chi connectivity index (χ3v) is 8.46. The van der Waals surface area contributed by atoms with Crippen molar-refractivity contribution in [3.8, 4) is 28.4 Å². The SMILES string of the molecule is Oc1ccc2ccccc2c1-c1c(O)ccc2ccccc12.Oc1ccc2ccccc2c1C1(O)C=Cc2ccccc2C1. The Bertz CT molecular complexity index is 2130. The average molecular weight is 575 g/mol. The van der Waals surface area contributed by atoms with Gasteiger partial charge in [0.05, 0.1) is 0 Å². The summed E-state index contributed by atoms with van der Waals surface area (Å²) >= 11 is 0. The summed E-state index contributed by atoms with van der Waals surface area (Å²) in [5, 5.41) is 48.3. The van der Waals surface area contributed by atoms with Gasteiger partial charge in [0.2, 0.25) is 0 Å². The van der Waals surface area contributed by atoms with Gasteiger partial charge in [0.25, 0.3) is 0 Å². The molecule has 0 heterocycles. The Morgan fingerprint density at radius 3 is 1.50 bits per heavy atom. The first-order chi connectivity index (χ1) is 21.4. The van der Waals surface area contributed by atoms with E-state index in [-0.39, 0.29) is 17.2 Å². The highest BCUT2D eigenvalue weighted by Crippen LogP contribution is 2.45. The molecule has 4 N–H and O–H groups in total. The van der Waals surface area contributed by atoms with Gasteiger partial charge in [-0.05, 0) is 67.7 Å². The molecule has 214 valence electrons. The van der Waals surface area contributed by atoms with Gasteiger partial charge >= 0.3 is 0 Å². The first kappa shape index (κ1) is 27.3. The minimum atomic E-state index is -1.20. The van der Waals surface area contributed by atoms with E-state index in [9.17, 15) is 20.4 Å². The molecule has 0 aromatic heterocycles. The van der Waals surface area contributed by atoms with E-state index in [2.05, 4.69) is 0 Å². The van der Waals surface area contributed by atoms with Gasteiger partial charge in [0.15, 0.2) is 0 Å². The molecule has 7 aromatic carbocycles. The second kappa shape index (κ2) is 10.9. The molecule has 4 heteroatoms. The zero-order valence-corrected chi connectivity index (χ0v) is 23.9. The highest BCUT2D eigenvalue weighted by atomic mass is 16.3. The number of aromatic hydroxyl groups is 3. The Morgan fingerprint density at radius 2 is 0.909 bits per heavy atom. The first-order valence-corrected chi connectivity index (χ1v) is 14.6. The maximum Gasteiger partial charge on any atom is 0.124 e. The number of benzene rings is 7. The lowest BCUT2D eigenvalue weighted by Crippen LogP contribution is -2.28. The molecule has 0 spiro atoms. The van der Waals surface area contributed by atoms with Gasteiger partial charge in [0.1, 0.15) is 22.8 Å². The van der Waals surface area contributed by atoms with Crippen LogP contribution in [0, 0.1) is 0 Å². The largest absolute Gasteiger partial charge is 0.508 e. The highest BCUT2D eigenvalue weighted by molar-refractivity contribution is 6.09. The van der Waals surface area contributed by atoms with Crippen molar-refractivity contribution in [3.05, 3.63) is 156 Å². The van der Waals surface area contributed by atoms with Crippen LogP contribution in [0.5, 0.6) is 17.2 Å². The van der Waals surface area contributed by atoms with Crippen molar-refractivity contribution in [3.63, 3.8) is 0 Å². The third-order valence-electron chi connectivity index (χ3n) is 8.46. The van der Waals surface area contributed by atoms with Gasteiger partial charge in [0, 0.05) is 23.1 Å². The van der Waals surface area contributed by atoms with E-state index in [0.29, 0.717) is 23.1 Å². The molecule has 0 amide bonds. The number of hydrogen-bond acceptors (Lipinski definition) is 4. The second-order valence-corrected chi connectivity index (χ2v) is 11.2. The standard InChI is InChI=1S/C20H14O2.C20H16O2/c21-17-11-9-13-5-1-3-7-15(13)19(17)20-16-8-4-2-6-14(16)10-12-18(20)22;21-18-10-9-15-6-3-4-8-17(15)19(18)20(22)12-11-14-5-1-2-7-16(14)13-20/h1-12,21-22H;1-12,21-22H,13H2. The molecule has 0 bridgehead atoms. The van der Waals surface area contributed by atoms with Crippen molar-refractivity contribution in [2.75, 3.05) is 0 Å². The minimum Gasteiger partial charge on any atom is -0.508 e.